The summed E-state index contributed by atoms with van der Waals surface area (Å²) in [5, 5.41) is 2.88. The Morgan fingerprint density at radius 2 is 1.75 bits per heavy atom. The Bertz CT molecular complexity index is 747. The minimum Gasteiger partial charge on any atom is -0.355 e. The molecule has 0 aliphatic heterocycles. The summed E-state index contributed by atoms with van der Waals surface area (Å²) in [6.07, 6.45) is 4.04. The number of hydrogen-bond donors (Lipinski definition) is 1. The summed E-state index contributed by atoms with van der Waals surface area (Å²) in [6, 6.07) is 9.98. The zero-order chi connectivity index (χ0) is 20.4. The number of carbonyl (C=O) groups is 2. The highest BCUT2D eigenvalue weighted by atomic mass is 16.2. The maximum Gasteiger partial charge on any atom is 0.274 e. The van der Waals surface area contributed by atoms with Crippen molar-refractivity contribution in [3.8, 4) is 0 Å². The summed E-state index contributed by atoms with van der Waals surface area (Å²) in [5.41, 5.74) is 2.20. The molecular formula is C21H29N5O2. The number of likely N-dealkylation sites (N-methyl/N-ethyl adjacent to an activating group) is 1. The minimum atomic E-state index is -0.204. The van der Waals surface area contributed by atoms with Gasteiger partial charge in [0.2, 0.25) is 5.91 Å². The van der Waals surface area contributed by atoms with Crippen LogP contribution in [0.15, 0.2) is 42.7 Å². The molecule has 1 heterocycles. The van der Waals surface area contributed by atoms with Crippen molar-refractivity contribution in [2.75, 3.05) is 40.3 Å². The standard InChI is InChI=1S/C21H29N5O2/c1-17-15-24-19(16-23-17)21(28)26(12-9-18-7-5-4-6-8-18)13-10-20(27)22-11-14-25(2)3/h4-8,15-16H,9-14H2,1-3H3,(H,22,27). The first-order valence-electron chi connectivity index (χ1n) is 9.49. The largest absolute Gasteiger partial charge is 0.355 e. The Morgan fingerprint density at radius 1 is 1.00 bits per heavy atom. The lowest BCUT2D eigenvalue weighted by Crippen LogP contribution is -2.38. The molecule has 0 aliphatic rings. The summed E-state index contributed by atoms with van der Waals surface area (Å²) in [4.78, 5) is 37.0. The summed E-state index contributed by atoms with van der Waals surface area (Å²) in [5.74, 6) is -0.265. The molecule has 28 heavy (non-hydrogen) atoms. The highest BCUT2D eigenvalue weighted by Gasteiger charge is 2.18. The zero-order valence-corrected chi connectivity index (χ0v) is 16.9. The molecule has 1 aromatic carbocycles. The van der Waals surface area contributed by atoms with E-state index in [9.17, 15) is 9.59 Å². The fraction of sp³-hybridized carbons (Fsp3) is 0.429. The van der Waals surface area contributed by atoms with Gasteiger partial charge in [0.05, 0.1) is 11.9 Å². The van der Waals surface area contributed by atoms with Gasteiger partial charge in [0.15, 0.2) is 0 Å². The summed E-state index contributed by atoms with van der Waals surface area (Å²) < 4.78 is 0. The van der Waals surface area contributed by atoms with E-state index in [-0.39, 0.29) is 18.2 Å². The topological polar surface area (TPSA) is 78.4 Å². The summed E-state index contributed by atoms with van der Waals surface area (Å²) in [6.45, 7) is 4.06. The molecule has 7 nitrogen and oxygen atoms in total. The first-order valence-corrected chi connectivity index (χ1v) is 9.49. The molecule has 1 aromatic heterocycles. The minimum absolute atomic E-state index is 0.0608. The number of benzene rings is 1. The van der Waals surface area contributed by atoms with Crippen LogP contribution in [0, 0.1) is 6.92 Å². The molecule has 0 unspecified atom stereocenters. The first-order chi connectivity index (χ1) is 13.5. The number of hydrogen-bond acceptors (Lipinski definition) is 5. The van der Waals surface area contributed by atoms with Crippen molar-refractivity contribution < 1.29 is 9.59 Å². The molecule has 0 saturated carbocycles. The SMILES string of the molecule is Cc1cnc(C(=O)N(CCC(=O)NCCN(C)C)CCc2ccccc2)cn1. The van der Waals surface area contributed by atoms with Gasteiger partial charge in [-0.05, 0) is 33.0 Å². The van der Waals surface area contributed by atoms with E-state index >= 15 is 0 Å². The lowest BCUT2D eigenvalue weighted by atomic mass is 10.1. The van der Waals surface area contributed by atoms with Gasteiger partial charge in [-0.25, -0.2) is 4.98 Å². The molecular weight excluding hydrogens is 354 g/mol. The van der Waals surface area contributed by atoms with Gasteiger partial charge in [0, 0.05) is 38.8 Å². The number of nitrogens with zero attached hydrogens (tertiary/aromatic N) is 4. The highest BCUT2D eigenvalue weighted by molar-refractivity contribution is 5.92. The molecule has 0 bridgehead atoms. The number of carbonyl (C=O) groups excluding carboxylic acids is 2. The van der Waals surface area contributed by atoms with E-state index in [0.29, 0.717) is 31.7 Å². The summed E-state index contributed by atoms with van der Waals surface area (Å²) in [7, 11) is 3.91. The number of nitrogens with one attached hydrogen (secondary N) is 1. The molecule has 2 rings (SSSR count). The van der Waals surface area contributed by atoms with Crippen LogP contribution in [-0.2, 0) is 11.2 Å². The van der Waals surface area contributed by atoms with Crippen LogP contribution in [0.2, 0.25) is 0 Å². The second kappa shape index (κ2) is 11.1. The molecule has 2 aromatic rings. The summed E-state index contributed by atoms with van der Waals surface area (Å²) >= 11 is 0. The van der Waals surface area contributed by atoms with Crippen LogP contribution in [0.25, 0.3) is 0 Å². The number of amides is 2. The Hall–Kier alpha value is -2.80. The van der Waals surface area contributed by atoms with E-state index in [1.807, 2.05) is 56.3 Å². The van der Waals surface area contributed by atoms with Gasteiger partial charge in [0.1, 0.15) is 5.69 Å². The van der Waals surface area contributed by atoms with Crippen molar-refractivity contribution in [3.05, 3.63) is 59.7 Å². The lowest BCUT2D eigenvalue weighted by molar-refractivity contribution is -0.121. The fourth-order valence-electron chi connectivity index (χ4n) is 2.63. The van der Waals surface area contributed by atoms with E-state index in [0.717, 1.165) is 17.8 Å². The third-order valence-electron chi connectivity index (χ3n) is 4.29. The van der Waals surface area contributed by atoms with Crippen LogP contribution in [0.4, 0.5) is 0 Å². The number of rotatable bonds is 10. The van der Waals surface area contributed by atoms with Crippen molar-refractivity contribution in [1.29, 1.82) is 0 Å². The van der Waals surface area contributed by atoms with Gasteiger partial charge in [0.25, 0.3) is 5.91 Å². The number of aryl methyl sites for hydroxylation is 1. The zero-order valence-electron chi connectivity index (χ0n) is 16.9. The number of aromatic nitrogens is 2. The van der Waals surface area contributed by atoms with Gasteiger partial charge >= 0.3 is 0 Å². The van der Waals surface area contributed by atoms with Crippen molar-refractivity contribution in [2.45, 2.75) is 19.8 Å². The van der Waals surface area contributed by atoms with Crippen molar-refractivity contribution in [2.24, 2.45) is 0 Å². The Morgan fingerprint density at radius 3 is 2.39 bits per heavy atom. The fourth-order valence-corrected chi connectivity index (χ4v) is 2.63. The van der Waals surface area contributed by atoms with Gasteiger partial charge in [-0.1, -0.05) is 30.3 Å². The van der Waals surface area contributed by atoms with E-state index < -0.39 is 0 Å². The molecule has 0 saturated heterocycles. The molecule has 1 N–H and O–H groups in total. The van der Waals surface area contributed by atoms with Crippen molar-refractivity contribution >= 4 is 11.8 Å². The van der Waals surface area contributed by atoms with Crippen LogP contribution in [-0.4, -0.2) is 71.9 Å². The molecule has 2 amide bonds. The average Bonchev–Trinajstić information content (AvgIpc) is 2.68. The molecule has 0 aliphatic carbocycles. The molecule has 0 spiro atoms. The predicted octanol–water partition coefficient (Wildman–Crippen LogP) is 1.54. The maximum absolute atomic E-state index is 12.9. The quantitative estimate of drug-likeness (QED) is 0.673. The van der Waals surface area contributed by atoms with Crippen molar-refractivity contribution in [1.82, 2.24) is 25.1 Å². The smallest absolute Gasteiger partial charge is 0.274 e. The molecule has 0 atom stereocenters. The third-order valence-corrected chi connectivity index (χ3v) is 4.29. The van der Waals surface area contributed by atoms with Crippen molar-refractivity contribution in [3.63, 3.8) is 0 Å². The highest BCUT2D eigenvalue weighted by Crippen LogP contribution is 2.07. The van der Waals surface area contributed by atoms with Crippen LogP contribution < -0.4 is 5.32 Å². The van der Waals surface area contributed by atoms with E-state index in [1.54, 1.807) is 11.1 Å². The second-order valence-electron chi connectivity index (χ2n) is 6.97. The van der Waals surface area contributed by atoms with Gasteiger partial charge in [-0.15, -0.1) is 0 Å². The second-order valence-corrected chi connectivity index (χ2v) is 6.97. The van der Waals surface area contributed by atoms with Crippen LogP contribution in [0.3, 0.4) is 0 Å². The van der Waals surface area contributed by atoms with Gasteiger partial charge < -0.3 is 15.1 Å². The average molecular weight is 383 g/mol. The molecule has 0 radical (unpaired) electrons. The van der Waals surface area contributed by atoms with Crippen LogP contribution in [0.5, 0.6) is 0 Å². The molecule has 0 fully saturated rings. The molecule has 150 valence electrons. The monoisotopic (exact) mass is 383 g/mol. The van der Waals surface area contributed by atoms with Crippen LogP contribution in [0.1, 0.15) is 28.2 Å². The lowest BCUT2D eigenvalue weighted by Gasteiger charge is -2.22. The predicted molar refractivity (Wildman–Crippen MR) is 109 cm³/mol. The van der Waals surface area contributed by atoms with E-state index in [1.165, 1.54) is 6.20 Å². The van der Waals surface area contributed by atoms with Gasteiger partial charge in [-0.2, -0.15) is 0 Å². The van der Waals surface area contributed by atoms with E-state index in [2.05, 4.69) is 15.3 Å². The third kappa shape index (κ3) is 7.44. The van der Waals surface area contributed by atoms with Crippen LogP contribution >= 0.6 is 0 Å². The molecule has 7 heteroatoms. The Labute approximate surface area is 166 Å². The Balaban J connectivity index is 1.97. The van der Waals surface area contributed by atoms with E-state index in [4.69, 9.17) is 0 Å². The Kier molecular flexibility index (Phi) is 8.55. The normalized spacial score (nSPS) is 10.7. The van der Waals surface area contributed by atoms with Gasteiger partial charge in [-0.3, -0.25) is 14.6 Å². The first kappa shape index (κ1) is 21.5. The maximum atomic E-state index is 12.9.